The first kappa shape index (κ1) is 56.9. The van der Waals surface area contributed by atoms with Crippen LogP contribution in [0.15, 0.2) is 11.6 Å². The van der Waals surface area contributed by atoms with Crippen LogP contribution in [0.3, 0.4) is 0 Å². The molecule has 0 amide bonds. The molecule has 4 fully saturated rings. The van der Waals surface area contributed by atoms with Crippen LogP contribution < -0.4 is 0 Å². The van der Waals surface area contributed by atoms with Crippen molar-refractivity contribution in [3.63, 3.8) is 0 Å². The fourth-order valence-electron chi connectivity index (χ4n) is 14.4. The highest BCUT2D eigenvalue weighted by atomic mass is 16.7. The average Bonchev–Trinajstić information content (AvgIpc) is 3.68. The maximum absolute atomic E-state index is 12.7. The predicted octanol–water partition coefficient (Wildman–Crippen LogP) is 15.4. The molecule has 0 aromatic heterocycles. The Morgan fingerprint density at radius 3 is 1.78 bits per heavy atom. The lowest BCUT2D eigenvalue weighted by molar-refractivity contribution is -0.313. The molecule has 3 N–H and O–H groups in total. The van der Waals surface area contributed by atoms with E-state index in [1.807, 2.05) is 0 Å². The maximum Gasteiger partial charge on any atom is 0.305 e. The normalized spacial score (nSPS) is 33.7. The molecule has 1 aliphatic heterocycles. The standard InChI is InChI=1S/C60H108O7/c1-8-9-10-11-12-13-14-15-16-17-18-19-20-21-22-23-24-25-26-27-28-29-30-31-54(61)65-43-53-55(62)56(63)57(64)58(67-53)66-48-38-40-59(6)47(42-48)34-35-49-51-37-36-50(60(51,7)41-39-52(49)59)46(5)33-32-45(4)44(2)3/h34,44-46,48-53,55-58,62-64H,8-33,35-43H2,1-7H3. The van der Waals surface area contributed by atoms with E-state index in [0.717, 1.165) is 80.5 Å². The van der Waals surface area contributed by atoms with E-state index in [-0.39, 0.29) is 24.1 Å². The van der Waals surface area contributed by atoms with Gasteiger partial charge in [0.2, 0.25) is 0 Å². The van der Waals surface area contributed by atoms with Gasteiger partial charge in [0, 0.05) is 6.42 Å². The number of rotatable bonds is 33. The molecule has 7 heteroatoms. The molecule has 0 radical (unpaired) electrons. The minimum atomic E-state index is -1.44. The highest BCUT2D eigenvalue weighted by molar-refractivity contribution is 5.69. The van der Waals surface area contributed by atoms with Gasteiger partial charge in [0.15, 0.2) is 6.29 Å². The Morgan fingerprint density at radius 2 is 1.22 bits per heavy atom. The molecule has 14 atom stereocenters. The van der Waals surface area contributed by atoms with Crippen molar-refractivity contribution in [1.29, 1.82) is 0 Å². The van der Waals surface area contributed by atoms with Crippen molar-refractivity contribution in [2.24, 2.45) is 52.3 Å². The maximum atomic E-state index is 12.7. The van der Waals surface area contributed by atoms with Gasteiger partial charge >= 0.3 is 5.97 Å². The van der Waals surface area contributed by atoms with Crippen molar-refractivity contribution in [2.75, 3.05) is 6.61 Å². The van der Waals surface area contributed by atoms with Crippen molar-refractivity contribution >= 4 is 5.97 Å². The quantitative estimate of drug-likeness (QED) is 0.0342. The van der Waals surface area contributed by atoms with Gasteiger partial charge in [-0.1, -0.05) is 214 Å². The van der Waals surface area contributed by atoms with E-state index in [1.165, 1.54) is 173 Å². The molecular weight excluding hydrogens is 833 g/mol. The average molecular weight is 942 g/mol. The zero-order valence-corrected chi connectivity index (χ0v) is 44.8. The van der Waals surface area contributed by atoms with Crippen molar-refractivity contribution in [3.8, 4) is 0 Å². The van der Waals surface area contributed by atoms with E-state index in [2.05, 4.69) is 54.5 Å². The van der Waals surface area contributed by atoms with Gasteiger partial charge in [-0.3, -0.25) is 4.79 Å². The molecular formula is C60H108O7. The van der Waals surface area contributed by atoms with Crippen LogP contribution >= 0.6 is 0 Å². The summed E-state index contributed by atoms with van der Waals surface area (Å²) in [7, 11) is 0. The Bertz CT molecular complexity index is 1400. The lowest BCUT2D eigenvalue weighted by Crippen LogP contribution is -2.60. The summed E-state index contributed by atoms with van der Waals surface area (Å²) in [5, 5.41) is 32.7. The van der Waals surface area contributed by atoms with E-state index in [4.69, 9.17) is 14.2 Å². The van der Waals surface area contributed by atoms with Gasteiger partial charge in [-0.05, 0) is 110 Å². The molecule has 14 unspecified atom stereocenters. The molecule has 0 aromatic carbocycles. The number of esters is 1. The summed E-state index contributed by atoms with van der Waals surface area (Å²) >= 11 is 0. The number of allylic oxidation sites excluding steroid dienone is 1. The SMILES string of the molecule is CCCCCCCCCCCCCCCCCCCCCCCCCC(=O)OCC1OC(OC2CCC3(C)C(=CCC4C3CCC3(C)C(C(C)CCC(C)C(C)C)CCC43)C2)C(O)C(O)C1O. The smallest absolute Gasteiger partial charge is 0.305 e. The third-order valence-corrected chi connectivity index (χ3v) is 19.4. The van der Waals surface area contributed by atoms with Crippen LogP contribution in [0.25, 0.3) is 0 Å². The summed E-state index contributed by atoms with van der Waals surface area (Å²) in [6.07, 6.45) is 39.3. The van der Waals surface area contributed by atoms with Gasteiger partial charge in [0.05, 0.1) is 6.10 Å². The number of ether oxygens (including phenoxy) is 3. The van der Waals surface area contributed by atoms with Crippen LogP contribution in [0.4, 0.5) is 0 Å². The van der Waals surface area contributed by atoms with Gasteiger partial charge in [-0.2, -0.15) is 0 Å². The summed E-state index contributed by atoms with van der Waals surface area (Å²) in [5.74, 6) is 5.17. The third-order valence-electron chi connectivity index (χ3n) is 19.4. The van der Waals surface area contributed by atoms with Crippen molar-refractivity contribution in [3.05, 3.63) is 11.6 Å². The Morgan fingerprint density at radius 1 is 0.672 bits per heavy atom. The number of aliphatic hydroxyl groups excluding tert-OH is 3. The van der Waals surface area contributed by atoms with Gasteiger partial charge in [-0.15, -0.1) is 0 Å². The molecule has 7 nitrogen and oxygen atoms in total. The molecule has 0 aromatic rings. The van der Waals surface area contributed by atoms with E-state index >= 15 is 0 Å². The minimum absolute atomic E-state index is 0.140. The van der Waals surface area contributed by atoms with E-state index in [9.17, 15) is 20.1 Å². The zero-order chi connectivity index (χ0) is 48.2. The summed E-state index contributed by atoms with van der Waals surface area (Å²) in [4.78, 5) is 12.7. The molecule has 4 aliphatic carbocycles. The predicted molar refractivity (Wildman–Crippen MR) is 277 cm³/mol. The number of fused-ring (bicyclic) bond motifs is 5. The van der Waals surface area contributed by atoms with Gasteiger partial charge in [0.25, 0.3) is 0 Å². The molecule has 1 saturated heterocycles. The largest absolute Gasteiger partial charge is 0.463 e. The number of hydrogen-bond donors (Lipinski definition) is 3. The highest BCUT2D eigenvalue weighted by Crippen LogP contribution is 2.67. The summed E-state index contributed by atoms with van der Waals surface area (Å²) < 4.78 is 18.1. The van der Waals surface area contributed by atoms with Crippen LogP contribution in [0.1, 0.15) is 267 Å². The Labute approximate surface area is 412 Å². The molecule has 0 bridgehead atoms. The monoisotopic (exact) mass is 941 g/mol. The number of carbonyl (C=O) groups excluding carboxylic acids is 1. The number of hydrogen-bond acceptors (Lipinski definition) is 7. The number of unbranched alkanes of at least 4 members (excludes halogenated alkanes) is 22. The highest BCUT2D eigenvalue weighted by Gasteiger charge is 2.59. The van der Waals surface area contributed by atoms with Crippen molar-refractivity contribution in [2.45, 2.75) is 304 Å². The first-order valence-electron chi connectivity index (χ1n) is 29.5. The molecule has 5 aliphatic rings. The Kier molecular flexibility index (Phi) is 25.1. The Balaban J connectivity index is 0.907. The van der Waals surface area contributed by atoms with Gasteiger partial charge < -0.3 is 29.5 Å². The van der Waals surface area contributed by atoms with Crippen LogP contribution in [0.5, 0.6) is 0 Å². The van der Waals surface area contributed by atoms with E-state index in [1.54, 1.807) is 0 Å². The third kappa shape index (κ3) is 16.8. The fourth-order valence-corrected chi connectivity index (χ4v) is 14.4. The molecule has 1 heterocycles. The van der Waals surface area contributed by atoms with E-state index in [0.29, 0.717) is 17.8 Å². The zero-order valence-electron chi connectivity index (χ0n) is 44.8. The van der Waals surface area contributed by atoms with E-state index < -0.39 is 30.7 Å². The van der Waals surface area contributed by atoms with Crippen LogP contribution in [0, 0.1) is 52.3 Å². The Hall–Kier alpha value is -0.990. The van der Waals surface area contributed by atoms with Crippen molar-refractivity contribution < 1.29 is 34.3 Å². The molecule has 5 rings (SSSR count). The summed E-state index contributed by atoms with van der Waals surface area (Å²) in [6, 6.07) is 0. The van der Waals surface area contributed by atoms with Crippen LogP contribution in [0.2, 0.25) is 0 Å². The molecule has 0 spiro atoms. The lowest BCUT2D eigenvalue weighted by atomic mass is 9.47. The second kappa shape index (κ2) is 29.5. The minimum Gasteiger partial charge on any atom is -0.463 e. The summed E-state index contributed by atoms with van der Waals surface area (Å²) in [6.45, 7) is 17.1. The van der Waals surface area contributed by atoms with Gasteiger partial charge in [-0.25, -0.2) is 0 Å². The first-order chi connectivity index (χ1) is 32.3. The molecule has 67 heavy (non-hydrogen) atoms. The lowest BCUT2D eigenvalue weighted by Gasteiger charge is -2.58. The van der Waals surface area contributed by atoms with Crippen molar-refractivity contribution in [1.82, 2.24) is 0 Å². The first-order valence-corrected chi connectivity index (χ1v) is 29.5. The second-order valence-corrected chi connectivity index (χ2v) is 24.5. The van der Waals surface area contributed by atoms with Gasteiger partial charge in [0.1, 0.15) is 31.0 Å². The summed E-state index contributed by atoms with van der Waals surface area (Å²) in [5.41, 5.74) is 2.13. The molecule has 390 valence electrons. The number of carbonyl (C=O) groups is 1. The van der Waals surface area contributed by atoms with Crippen LogP contribution in [-0.4, -0.2) is 64.7 Å². The second-order valence-electron chi connectivity index (χ2n) is 24.5. The fraction of sp³-hybridized carbons (Fsp3) is 0.950. The number of aliphatic hydroxyl groups is 3. The topological polar surface area (TPSA) is 105 Å². The van der Waals surface area contributed by atoms with Crippen LogP contribution in [-0.2, 0) is 19.0 Å². The molecule has 3 saturated carbocycles.